The summed E-state index contributed by atoms with van der Waals surface area (Å²) in [5, 5.41) is 3.54. The monoisotopic (exact) mass is 352 g/mol. The lowest BCUT2D eigenvalue weighted by Crippen LogP contribution is -2.45. The molecule has 0 bridgehead atoms. The Labute approximate surface area is 153 Å². The number of para-hydroxylation sites is 2. The number of aromatic amines is 1. The maximum absolute atomic E-state index is 14.6. The normalized spacial score (nSPS) is 20.3. The van der Waals surface area contributed by atoms with Gasteiger partial charge >= 0.3 is 0 Å². The number of hydrogen-bond donors (Lipinski definition) is 2. The van der Waals surface area contributed by atoms with Gasteiger partial charge in [0.25, 0.3) is 0 Å². The van der Waals surface area contributed by atoms with Gasteiger partial charge in [-0.3, -0.25) is 0 Å². The van der Waals surface area contributed by atoms with Crippen LogP contribution in [0.5, 0.6) is 0 Å². The number of H-pyrrole nitrogens is 1. The molecule has 2 N–H and O–H groups in total. The van der Waals surface area contributed by atoms with Crippen LogP contribution in [0.25, 0.3) is 22.4 Å². The van der Waals surface area contributed by atoms with Crippen molar-refractivity contribution in [3.63, 3.8) is 0 Å². The molecule has 1 aromatic heterocycles. The van der Waals surface area contributed by atoms with Crippen molar-refractivity contribution in [3.8, 4) is 11.4 Å². The van der Waals surface area contributed by atoms with E-state index in [9.17, 15) is 4.39 Å². The van der Waals surface area contributed by atoms with Crippen molar-refractivity contribution in [2.45, 2.75) is 38.8 Å². The fraction of sp³-hybridized carbons (Fsp3) is 0.381. The van der Waals surface area contributed by atoms with Crippen LogP contribution in [0.3, 0.4) is 0 Å². The summed E-state index contributed by atoms with van der Waals surface area (Å²) < 4.78 is 14.6. The van der Waals surface area contributed by atoms with Gasteiger partial charge in [0.05, 0.1) is 16.6 Å². The quantitative estimate of drug-likeness (QED) is 0.721. The van der Waals surface area contributed by atoms with E-state index in [1.165, 1.54) is 0 Å². The molecule has 2 heterocycles. The van der Waals surface area contributed by atoms with Crippen LogP contribution in [0.1, 0.15) is 27.2 Å². The highest BCUT2D eigenvalue weighted by molar-refractivity contribution is 5.80. The third kappa shape index (κ3) is 3.07. The highest BCUT2D eigenvalue weighted by Gasteiger charge is 2.31. The van der Waals surface area contributed by atoms with Gasteiger partial charge in [-0.25, -0.2) is 9.37 Å². The molecule has 1 aliphatic heterocycles. The molecule has 0 aliphatic carbocycles. The van der Waals surface area contributed by atoms with Gasteiger partial charge in [0.2, 0.25) is 0 Å². The van der Waals surface area contributed by atoms with Crippen molar-refractivity contribution >= 4 is 16.7 Å². The van der Waals surface area contributed by atoms with Crippen LogP contribution in [0, 0.1) is 5.82 Å². The predicted octanol–water partition coefficient (Wildman–Crippen LogP) is 4.34. The van der Waals surface area contributed by atoms with Crippen LogP contribution < -0.4 is 10.2 Å². The van der Waals surface area contributed by atoms with Crippen molar-refractivity contribution in [2.24, 2.45) is 0 Å². The van der Waals surface area contributed by atoms with E-state index in [0.29, 0.717) is 17.4 Å². The van der Waals surface area contributed by atoms with Gasteiger partial charge in [-0.05, 0) is 57.5 Å². The molecule has 2 aromatic carbocycles. The molecule has 0 saturated carbocycles. The summed E-state index contributed by atoms with van der Waals surface area (Å²) in [6, 6.07) is 13.6. The van der Waals surface area contributed by atoms with Gasteiger partial charge < -0.3 is 15.2 Å². The van der Waals surface area contributed by atoms with Crippen LogP contribution in [-0.4, -0.2) is 34.6 Å². The Morgan fingerprint density at radius 2 is 2.00 bits per heavy atom. The second-order valence-corrected chi connectivity index (χ2v) is 7.79. The number of imidazole rings is 1. The van der Waals surface area contributed by atoms with E-state index in [1.54, 1.807) is 6.07 Å². The highest BCUT2D eigenvalue weighted by atomic mass is 19.1. The maximum Gasteiger partial charge on any atom is 0.141 e. The average Bonchev–Trinajstić information content (AvgIpc) is 2.96. The molecule has 136 valence electrons. The average molecular weight is 352 g/mol. The largest absolute Gasteiger partial charge is 0.365 e. The number of rotatable bonds is 2. The summed E-state index contributed by atoms with van der Waals surface area (Å²) in [4.78, 5) is 10.2. The molecule has 5 heteroatoms. The van der Waals surface area contributed by atoms with Crippen molar-refractivity contribution in [1.29, 1.82) is 0 Å². The molecule has 0 radical (unpaired) electrons. The lowest BCUT2D eigenvalue weighted by molar-refractivity contribution is 0.409. The van der Waals surface area contributed by atoms with E-state index in [-0.39, 0.29) is 11.4 Å². The lowest BCUT2D eigenvalue weighted by Gasteiger charge is -2.39. The Hall–Kier alpha value is -2.40. The Bertz CT molecular complexity index is 898. The Balaban J connectivity index is 1.76. The number of nitrogens with zero attached hydrogens (tertiary/aromatic N) is 2. The molecular weight excluding hydrogens is 327 g/mol. The summed E-state index contributed by atoms with van der Waals surface area (Å²) >= 11 is 0. The number of halogens is 1. The number of nitrogens with one attached hydrogen (secondary N) is 2. The number of benzene rings is 2. The van der Waals surface area contributed by atoms with E-state index in [0.717, 1.165) is 36.2 Å². The van der Waals surface area contributed by atoms with Crippen LogP contribution in [0.4, 0.5) is 10.1 Å². The van der Waals surface area contributed by atoms with Gasteiger partial charge in [-0.15, -0.1) is 0 Å². The molecule has 0 spiro atoms. The molecule has 0 amide bonds. The van der Waals surface area contributed by atoms with Crippen LogP contribution in [0.2, 0.25) is 0 Å². The van der Waals surface area contributed by atoms with Gasteiger partial charge in [0.1, 0.15) is 11.6 Å². The third-order valence-corrected chi connectivity index (χ3v) is 5.27. The fourth-order valence-electron chi connectivity index (χ4n) is 4.08. The summed E-state index contributed by atoms with van der Waals surface area (Å²) in [5.41, 5.74) is 3.30. The first kappa shape index (κ1) is 17.0. The van der Waals surface area contributed by atoms with Crippen LogP contribution in [0.15, 0.2) is 42.5 Å². The maximum atomic E-state index is 14.6. The first-order valence-corrected chi connectivity index (χ1v) is 9.20. The minimum atomic E-state index is -0.257. The second kappa shape index (κ2) is 6.40. The Morgan fingerprint density at radius 3 is 2.81 bits per heavy atom. The van der Waals surface area contributed by atoms with E-state index in [1.807, 2.05) is 36.4 Å². The van der Waals surface area contributed by atoms with E-state index >= 15 is 0 Å². The van der Waals surface area contributed by atoms with E-state index < -0.39 is 0 Å². The predicted molar refractivity (Wildman–Crippen MR) is 105 cm³/mol. The van der Waals surface area contributed by atoms with E-state index in [2.05, 4.69) is 41.0 Å². The molecule has 1 fully saturated rings. The zero-order valence-electron chi connectivity index (χ0n) is 15.5. The Kier molecular flexibility index (Phi) is 4.19. The smallest absolute Gasteiger partial charge is 0.141 e. The second-order valence-electron chi connectivity index (χ2n) is 7.79. The van der Waals surface area contributed by atoms with Crippen molar-refractivity contribution in [3.05, 3.63) is 48.3 Å². The number of aromatic nitrogens is 2. The zero-order chi connectivity index (χ0) is 18.3. The lowest BCUT2D eigenvalue weighted by atomic mass is 9.93. The first-order chi connectivity index (χ1) is 12.4. The summed E-state index contributed by atoms with van der Waals surface area (Å²) in [6.45, 7) is 8.53. The van der Waals surface area contributed by atoms with Gasteiger partial charge in [0.15, 0.2) is 0 Å². The molecule has 1 aliphatic rings. The molecular formula is C21H25FN4. The summed E-state index contributed by atoms with van der Waals surface area (Å²) in [7, 11) is 0. The van der Waals surface area contributed by atoms with Crippen LogP contribution in [-0.2, 0) is 0 Å². The summed E-state index contributed by atoms with van der Waals surface area (Å²) in [6.07, 6.45) is 1.03. The highest BCUT2D eigenvalue weighted by Crippen LogP contribution is 2.33. The van der Waals surface area contributed by atoms with Crippen LogP contribution >= 0.6 is 0 Å². The van der Waals surface area contributed by atoms with Gasteiger partial charge in [-0.1, -0.05) is 12.1 Å². The number of fused-ring (bicyclic) bond motifs is 1. The van der Waals surface area contributed by atoms with Crippen molar-refractivity contribution < 1.29 is 4.39 Å². The summed E-state index contributed by atoms with van der Waals surface area (Å²) in [5.74, 6) is 0.316. The molecule has 3 aromatic rings. The fourth-order valence-corrected chi connectivity index (χ4v) is 4.08. The van der Waals surface area contributed by atoms with E-state index in [4.69, 9.17) is 0 Å². The minimum absolute atomic E-state index is 0.00804. The number of hydrogen-bond acceptors (Lipinski definition) is 3. The molecule has 26 heavy (non-hydrogen) atoms. The molecule has 4 nitrogen and oxygen atoms in total. The zero-order valence-corrected chi connectivity index (χ0v) is 15.5. The molecule has 4 rings (SSSR count). The van der Waals surface area contributed by atoms with Gasteiger partial charge in [0, 0.05) is 30.4 Å². The SMILES string of the molecule is CC1CC(C)(C)N(c2ccc(F)c(-c3nc4ccccc4[nH]3)c2)CCN1. The Morgan fingerprint density at radius 1 is 1.19 bits per heavy atom. The van der Waals surface area contributed by atoms with Gasteiger partial charge in [-0.2, -0.15) is 0 Å². The van der Waals surface area contributed by atoms with Crippen molar-refractivity contribution in [2.75, 3.05) is 18.0 Å². The topological polar surface area (TPSA) is 44.0 Å². The standard InChI is InChI=1S/C21H25FN4/c1-14-13-21(2,3)26(11-10-23-14)15-8-9-17(22)16(12-15)20-24-18-6-4-5-7-19(18)25-20/h4-9,12,14,23H,10-11,13H2,1-3H3,(H,24,25). The minimum Gasteiger partial charge on any atom is -0.365 e. The first-order valence-electron chi connectivity index (χ1n) is 9.20. The molecule has 1 unspecified atom stereocenters. The molecule has 1 saturated heterocycles. The van der Waals surface area contributed by atoms with Crippen molar-refractivity contribution in [1.82, 2.24) is 15.3 Å². The molecule has 1 atom stereocenters. The third-order valence-electron chi connectivity index (χ3n) is 5.27. The number of anilines is 1.